The molecule has 0 bridgehead atoms. The van der Waals surface area contributed by atoms with E-state index < -0.39 is 0 Å². The van der Waals surface area contributed by atoms with Gasteiger partial charge in [0.15, 0.2) is 0 Å². The highest BCUT2D eigenvalue weighted by Crippen LogP contribution is 2.31. The Balaban J connectivity index is 1.99. The van der Waals surface area contributed by atoms with Gasteiger partial charge < -0.3 is 10.4 Å². The van der Waals surface area contributed by atoms with Gasteiger partial charge in [0.2, 0.25) is 0 Å². The van der Waals surface area contributed by atoms with Gasteiger partial charge in [-0.2, -0.15) is 0 Å². The zero-order valence-electron chi connectivity index (χ0n) is 10.2. The Kier molecular flexibility index (Phi) is 3.31. The summed E-state index contributed by atoms with van der Waals surface area (Å²) in [5, 5.41) is 12.9. The maximum Gasteiger partial charge on any atom is 0.0613 e. The average Bonchev–Trinajstić information content (AvgIpc) is 2.19. The second-order valence-corrected chi connectivity index (χ2v) is 5.08. The SMILES string of the molecule is Cc1ccc(CNC2(CO)CCC2)c(C)c1. The molecule has 1 aliphatic rings. The quantitative estimate of drug-likeness (QED) is 0.814. The third kappa shape index (κ3) is 2.28. The molecule has 2 rings (SSSR count). The lowest BCUT2D eigenvalue weighted by molar-refractivity contribution is 0.0871. The minimum atomic E-state index is 0.0112. The van der Waals surface area contributed by atoms with Crippen molar-refractivity contribution in [1.29, 1.82) is 0 Å². The van der Waals surface area contributed by atoms with Crippen molar-refractivity contribution in [2.75, 3.05) is 6.61 Å². The first-order valence-electron chi connectivity index (χ1n) is 6.07. The van der Waals surface area contributed by atoms with Crippen molar-refractivity contribution in [3.63, 3.8) is 0 Å². The average molecular weight is 219 g/mol. The van der Waals surface area contributed by atoms with Gasteiger partial charge in [0.25, 0.3) is 0 Å². The van der Waals surface area contributed by atoms with Crippen LogP contribution in [0.1, 0.15) is 36.0 Å². The molecule has 1 fully saturated rings. The third-order valence-corrected chi connectivity index (χ3v) is 3.77. The molecule has 1 aromatic carbocycles. The van der Waals surface area contributed by atoms with Crippen LogP contribution in [0.3, 0.4) is 0 Å². The zero-order valence-corrected chi connectivity index (χ0v) is 10.2. The Labute approximate surface area is 97.7 Å². The van der Waals surface area contributed by atoms with Crippen molar-refractivity contribution in [2.45, 2.75) is 45.2 Å². The Bertz CT molecular complexity index is 363. The van der Waals surface area contributed by atoms with E-state index in [0.717, 1.165) is 19.4 Å². The normalized spacial score (nSPS) is 18.2. The van der Waals surface area contributed by atoms with Crippen molar-refractivity contribution < 1.29 is 5.11 Å². The van der Waals surface area contributed by atoms with E-state index in [1.54, 1.807) is 0 Å². The zero-order chi connectivity index (χ0) is 11.6. The van der Waals surface area contributed by atoms with E-state index in [0.29, 0.717) is 0 Å². The van der Waals surface area contributed by atoms with Crippen LogP contribution in [0.2, 0.25) is 0 Å². The maximum atomic E-state index is 9.37. The molecule has 0 aliphatic heterocycles. The molecule has 88 valence electrons. The Morgan fingerprint density at radius 2 is 2.06 bits per heavy atom. The molecular weight excluding hydrogens is 198 g/mol. The molecular formula is C14H21NO. The lowest BCUT2D eigenvalue weighted by atomic mass is 9.77. The lowest BCUT2D eigenvalue weighted by Gasteiger charge is -2.41. The van der Waals surface area contributed by atoms with Gasteiger partial charge in [-0.25, -0.2) is 0 Å². The lowest BCUT2D eigenvalue weighted by Crippen LogP contribution is -2.53. The van der Waals surface area contributed by atoms with Crippen LogP contribution in [0.4, 0.5) is 0 Å². The van der Waals surface area contributed by atoms with Crippen LogP contribution in [0.5, 0.6) is 0 Å². The van der Waals surface area contributed by atoms with E-state index >= 15 is 0 Å². The van der Waals surface area contributed by atoms with Gasteiger partial charge in [0.05, 0.1) is 6.61 Å². The predicted octanol–water partition coefficient (Wildman–Crippen LogP) is 2.31. The highest BCUT2D eigenvalue weighted by atomic mass is 16.3. The van der Waals surface area contributed by atoms with Crippen LogP contribution in [-0.2, 0) is 6.54 Å². The molecule has 2 nitrogen and oxygen atoms in total. The van der Waals surface area contributed by atoms with Gasteiger partial charge in [0.1, 0.15) is 0 Å². The highest BCUT2D eigenvalue weighted by Gasteiger charge is 2.35. The van der Waals surface area contributed by atoms with E-state index in [2.05, 4.69) is 37.4 Å². The van der Waals surface area contributed by atoms with Crippen LogP contribution in [0.15, 0.2) is 18.2 Å². The van der Waals surface area contributed by atoms with Gasteiger partial charge >= 0.3 is 0 Å². The molecule has 2 heteroatoms. The fraction of sp³-hybridized carbons (Fsp3) is 0.571. The largest absolute Gasteiger partial charge is 0.394 e. The summed E-state index contributed by atoms with van der Waals surface area (Å²) in [4.78, 5) is 0. The van der Waals surface area contributed by atoms with Crippen LogP contribution >= 0.6 is 0 Å². The second-order valence-electron chi connectivity index (χ2n) is 5.08. The summed E-state index contributed by atoms with van der Waals surface area (Å²) in [6.45, 7) is 5.40. The molecule has 0 heterocycles. The van der Waals surface area contributed by atoms with E-state index in [1.807, 2.05) is 0 Å². The molecule has 16 heavy (non-hydrogen) atoms. The van der Waals surface area contributed by atoms with Gasteiger partial charge in [-0.15, -0.1) is 0 Å². The summed E-state index contributed by atoms with van der Waals surface area (Å²) < 4.78 is 0. The molecule has 1 aromatic rings. The molecule has 0 amide bonds. The molecule has 2 N–H and O–H groups in total. The van der Waals surface area contributed by atoms with Crippen LogP contribution in [0, 0.1) is 13.8 Å². The van der Waals surface area contributed by atoms with Crippen LogP contribution in [0.25, 0.3) is 0 Å². The summed E-state index contributed by atoms with van der Waals surface area (Å²) >= 11 is 0. The summed E-state index contributed by atoms with van der Waals surface area (Å²) in [7, 11) is 0. The Hall–Kier alpha value is -0.860. The number of benzene rings is 1. The highest BCUT2D eigenvalue weighted by molar-refractivity contribution is 5.30. The van der Waals surface area contributed by atoms with Crippen LogP contribution in [-0.4, -0.2) is 17.3 Å². The summed E-state index contributed by atoms with van der Waals surface area (Å²) in [5.41, 5.74) is 3.99. The van der Waals surface area contributed by atoms with Gasteiger partial charge in [0, 0.05) is 12.1 Å². The minimum Gasteiger partial charge on any atom is -0.394 e. The number of hydrogen-bond donors (Lipinski definition) is 2. The van der Waals surface area contributed by atoms with E-state index in [4.69, 9.17) is 0 Å². The number of hydrogen-bond acceptors (Lipinski definition) is 2. The number of nitrogens with one attached hydrogen (secondary N) is 1. The molecule has 1 saturated carbocycles. The number of aliphatic hydroxyl groups is 1. The maximum absolute atomic E-state index is 9.37. The first-order valence-corrected chi connectivity index (χ1v) is 6.07. The van der Waals surface area contributed by atoms with E-state index in [-0.39, 0.29) is 12.1 Å². The number of rotatable bonds is 4. The fourth-order valence-corrected chi connectivity index (χ4v) is 2.32. The first-order chi connectivity index (χ1) is 7.65. The molecule has 0 saturated heterocycles. The number of aryl methyl sites for hydroxylation is 2. The summed E-state index contributed by atoms with van der Waals surface area (Å²) in [6.07, 6.45) is 3.45. The molecule has 0 atom stereocenters. The number of aliphatic hydroxyl groups excluding tert-OH is 1. The Morgan fingerprint density at radius 3 is 2.56 bits per heavy atom. The van der Waals surface area contributed by atoms with Crippen molar-refractivity contribution in [2.24, 2.45) is 0 Å². The van der Waals surface area contributed by atoms with Crippen molar-refractivity contribution in [3.8, 4) is 0 Å². The van der Waals surface area contributed by atoms with Gasteiger partial charge in [-0.3, -0.25) is 0 Å². The van der Waals surface area contributed by atoms with Gasteiger partial charge in [-0.1, -0.05) is 23.8 Å². The predicted molar refractivity (Wildman–Crippen MR) is 66.4 cm³/mol. The molecule has 0 aromatic heterocycles. The smallest absolute Gasteiger partial charge is 0.0613 e. The van der Waals surface area contributed by atoms with Gasteiger partial charge in [-0.05, 0) is 44.2 Å². The van der Waals surface area contributed by atoms with E-state index in [9.17, 15) is 5.11 Å². The first kappa shape index (κ1) is 11.6. The van der Waals surface area contributed by atoms with Crippen molar-refractivity contribution in [1.82, 2.24) is 5.32 Å². The fourth-order valence-electron chi connectivity index (χ4n) is 2.32. The van der Waals surface area contributed by atoms with Crippen molar-refractivity contribution in [3.05, 3.63) is 34.9 Å². The molecule has 0 radical (unpaired) electrons. The Morgan fingerprint density at radius 1 is 1.31 bits per heavy atom. The summed E-state index contributed by atoms with van der Waals surface area (Å²) in [5.74, 6) is 0. The van der Waals surface area contributed by atoms with Crippen LogP contribution < -0.4 is 5.32 Å². The van der Waals surface area contributed by atoms with Crippen molar-refractivity contribution >= 4 is 0 Å². The second kappa shape index (κ2) is 4.56. The topological polar surface area (TPSA) is 32.3 Å². The standard InChI is InChI=1S/C14H21NO/c1-11-4-5-13(12(2)8-11)9-15-14(10-16)6-3-7-14/h4-5,8,15-16H,3,6-7,9-10H2,1-2H3. The monoisotopic (exact) mass is 219 g/mol. The summed E-state index contributed by atoms with van der Waals surface area (Å²) in [6, 6.07) is 6.54. The van der Waals surface area contributed by atoms with E-state index in [1.165, 1.54) is 23.1 Å². The molecule has 0 spiro atoms. The molecule has 1 aliphatic carbocycles. The molecule has 0 unspecified atom stereocenters. The third-order valence-electron chi connectivity index (χ3n) is 3.77. The minimum absolute atomic E-state index is 0.0112.